The smallest absolute Gasteiger partial charge is 0.508 e. The normalized spacial score (nSPS) is 17.7. The first-order chi connectivity index (χ1) is 20.8. The molecule has 2 aliphatic rings. The summed E-state index contributed by atoms with van der Waals surface area (Å²) in [6.07, 6.45) is 0.508. The van der Waals surface area contributed by atoms with Crippen LogP contribution in [-0.4, -0.2) is 48.6 Å². The molecule has 2 fully saturated rings. The number of ether oxygens (including phenoxy) is 4. The lowest BCUT2D eigenvalue weighted by molar-refractivity contribution is 0.263. The van der Waals surface area contributed by atoms with Gasteiger partial charge in [-0.05, 0) is 70.8 Å². The van der Waals surface area contributed by atoms with E-state index in [2.05, 4.69) is 76.2 Å². The summed E-state index contributed by atoms with van der Waals surface area (Å²) in [5.74, 6) is 3.29. The van der Waals surface area contributed by atoms with Gasteiger partial charge in [-0.3, -0.25) is 0 Å². The molecule has 7 heteroatoms. The molecule has 0 aliphatic carbocycles. The molecule has 4 aromatic rings. The highest BCUT2D eigenvalue weighted by Gasteiger charge is 2.26. The van der Waals surface area contributed by atoms with Crippen molar-refractivity contribution in [2.45, 2.75) is 50.7 Å². The number of rotatable bonds is 14. The average Bonchev–Trinajstić information content (AvgIpc) is 3.96. The number of benzene rings is 4. The lowest BCUT2D eigenvalue weighted by Crippen LogP contribution is -2.19. The molecule has 222 valence electrons. The molecule has 0 bridgehead atoms. The summed E-state index contributed by atoms with van der Waals surface area (Å²) in [6, 6.07) is 33.1. The Morgan fingerprint density at radius 2 is 0.791 bits per heavy atom. The van der Waals surface area contributed by atoms with Crippen LogP contribution in [0.2, 0.25) is 0 Å². The Kier molecular flexibility index (Phi) is 8.48. The van der Waals surface area contributed by atoms with E-state index in [1.54, 1.807) is 0 Å². The average molecular weight is 595 g/mol. The van der Waals surface area contributed by atoms with E-state index in [-0.39, 0.29) is 33.0 Å². The van der Waals surface area contributed by atoms with Crippen LogP contribution >= 0.6 is 0 Å². The van der Waals surface area contributed by atoms with E-state index in [1.165, 1.54) is 22.3 Å². The fourth-order valence-corrected chi connectivity index (χ4v) is 5.48. The van der Waals surface area contributed by atoms with Gasteiger partial charge in [-0.15, -0.1) is 0 Å². The largest absolute Gasteiger partial charge is 0.610 e. The van der Waals surface area contributed by atoms with Crippen LogP contribution in [0.4, 0.5) is 0 Å². The highest BCUT2D eigenvalue weighted by molar-refractivity contribution is 6.20. The molecule has 4 aromatic carbocycles. The van der Waals surface area contributed by atoms with Crippen LogP contribution in [0.25, 0.3) is 0 Å². The van der Waals surface area contributed by atoms with Crippen LogP contribution in [0.5, 0.6) is 23.0 Å². The van der Waals surface area contributed by atoms with E-state index in [9.17, 15) is 0 Å². The number of epoxide rings is 2. The highest BCUT2D eigenvalue weighted by atomic mass is 28.3. The third-order valence-corrected chi connectivity index (χ3v) is 8.94. The van der Waals surface area contributed by atoms with Crippen molar-refractivity contribution in [2.24, 2.45) is 0 Å². The topological polar surface area (TPSA) is 62.0 Å². The first-order valence-corrected chi connectivity index (χ1v) is 15.6. The van der Waals surface area contributed by atoms with E-state index in [4.69, 9.17) is 27.8 Å². The van der Waals surface area contributed by atoms with Crippen LogP contribution in [0.1, 0.15) is 49.9 Å². The molecule has 2 radical (unpaired) electrons. The van der Waals surface area contributed by atoms with E-state index in [1.807, 2.05) is 48.5 Å². The summed E-state index contributed by atoms with van der Waals surface area (Å²) < 4.78 is 33.9. The molecule has 0 N–H and O–H groups in total. The zero-order valence-corrected chi connectivity index (χ0v) is 26.2. The van der Waals surface area contributed by atoms with E-state index < -0.39 is 0 Å². The molecule has 2 atom stereocenters. The lowest BCUT2D eigenvalue weighted by atomic mass is 9.78. The van der Waals surface area contributed by atoms with Gasteiger partial charge in [-0.2, -0.15) is 0 Å². The van der Waals surface area contributed by atoms with Gasteiger partial charge in [0.25, 0.3) is 0 Å². The standard InChI is InChI=1S/C36H38O6Si/c1-35(2,25-5-13-29(14-6-25)37-21-33-23-39-33)27-9-17-31(18-10-27)41-43-42-32-19-11-28(12-20-32)36(3,4)26-7-15-30(16-8-26)38-22-34-24-40-34/h5-20,33-34H,21-24H2,1-4H3. The molecule has 43 heavy (non-hydrogen) atoms. The van der Waals surface area contributed by atoms with Crippen molar-refractivity contribution in [3.8, 4) is 23.0 Å². The molecule has 0 amide bonds. The fraction of sp³-hybridized carbons (Fsp3) is 0.333. The predicted molar refractivity (Wildman–Crippen MR) is 168 cm³/mol. The minimum Gasteiger partial charge on any atom is -0.508 e. The first kappa shape index (κ1) is 29.3. The van der Waals surface area contributed by atoms with Crippen molar-refractivity contribution in [3.05, 3.63) is 119 Å². The van der Waals surface area contributed by atoms with Gasteiger partial charge in [0.15, 0.2) is 0 Å². The van der Waals surface area contributed by atoms with Gasteiger partial charge in [-0.1, -0.05) is 76.2 Å². The molecule has 6 rings (SSSR count). The van der Waals surface area contributed by atoms with Crippen molar-refractivity contribution in [3.63, 3.8) is 0 Å². The predicted octanol–water partition coefficient (Wildman–Crippen LogP) is 6.89. The Balaban J connectivity index is 0.991. The summed E-state index contributed by atoms with van der Waals surface area (Å²) in [7, 11) is -0.145. The molecular formula is C36H38O6Si. The number of hydrogen-bond donors (Lipinski definition) is 0. The summed E-state index contributed by atoms with van der Waals surface area (Å²) in [5, 5.41) is 0. The molecule has 0 saturated carbocycles. The molecule has 0 spiro atoms. The second-order valence-corrected chi connectivity index (χ2v) is 12.7. The Hall–Kier alpha value is -3.78. The zero-order chi connectivity index (χ0) is 29.9. The van der Waals surface area contributed by atoms with Gasteiger partial charge >= 0.3 is 10.0 Å². The van der Waals surface area contributed by atoms with Crippen molar-refractivity contribution in [1.29, 1.82) is 0 Å². The fourth-order valence-electron chi connectivity index (χ4n) is 4.97. The third-order valence-electron chi connectivity index (χ3n) is 8.30. The van der Waals surface area contributed by atoms with Gasteiger partial charge in [0.2, 0.25) is 0 Å². The van der Waals surface area contributed by atoms with Crippen LogP contribution in [0, 0.1) is 0 Å². The van der Waals surface area contributed by atoms with Gasteiger partial charge in [-0.25, -0.2) is 0 Å². The van der Waals surface area contributed by atoms with Crippen LogP contribution in [-0.2, 0) is 20.3 Å². The van der Waals surface area contributed by atoms with E-state index >= 15 is 0 Å². The van der Waals surface area contributed by atoms with Crippen LogP contribution in [0.3, 0.4) is 0 Å². The molecule has 2 heterocycles. The minimum atomic E-state index is -0.160. The Morgan fingerprint density at radius 3 is 1.07 bits per heavy atom. The lowest BCUT2D eigenvalue weighted by Gasteiger charge is -2.26. The first-order valence-electron chi connectivity index (χ1n) is 14.8. The molecule has 2 aliphatic heterocycles. The summed E-state index contributed by atoms with van der Waals surface area (Å²) in [4.78, 5) is 0. The zero-order valence-electron chi connectivity index (χ0n) is 25.2. The molecule has 0 aromatic heterocycles. The quantitative estimate of drug-likeness (QED) is 0.117. The second kappa shape index (κ2) is 12.4. The third kappa shape index (κ3) is 7.42. The summed E-state index contributed by atoms with van der Waals surface area (Å²) in [6.45, 7) is 11.7. The maximum atomic E-state index is 5.93. The van der Waals surface area contributed by atoms with Gasteiger partial charge in [0.05, 0.1) is 13.2 Å². The van der Waals surface area contributed by atoms with Crippen molar-refractivity contribution in [1.82, 2.24) is 0 Å². The van der Waals surface area contributed by atoms with Gasteiger partial charge < -0.3 is 27.8 Å². The van der Waals surface area contributed by atoms with E-state index in [0.29, 0.717) is 13.2 Å². The Morgan fingerprint density at radius 1 is 0.512 bits per heavy atom. The Bertz CT molecular complexity index is 1360. The maximum Gasteiger partial charge on any atom is 0.610 e. The minimum absolute atomic E-state index is 0.145. The van der Waals surface area contributed by atoms with Crippen LogP contribution in [0.15, 0.2) is 97.1 Å². The second-order valence-electron chi connectivity index (χ2n) is 12.2. The summed E-state index contributed by atoms with van der Waals surface area (Å²) in [5.41, 5.74) is 4.53. The Labute approximate surface area is 256 Å². The molecule has 2 saturated heterocycles. The van der Waals surface area contributed by atoms with Crippen molar-refractivity contribution >= 4 is 10.0 Å². The molecular weight excluding hydrogens is 556 g/mol. The highest BCUT2D eigenvalue weighted by Crippen LogP contribution is 2.35. The van der Waals surface area contributed by atoms with Crippen molar-refractivity contribution in [2.75, 3.05) is 26.4 Å². The number of hydrogen-bond acceptors (Lipinski definition) is 6. The monoisotopic (exact) mass is 594 g/mol. The molecule has 2 unspecified atom stereocenters. The van der Waals surface area contributed by atoms with E-state index in [0.717, 1.165) is 36.2 Å². The SMILES string of the molecule is CC(C)(c1ccc(OCC2CO2)cc1)c1ccc(O[Si]Oc2ccc(C(C)(C)c3ccc(OCC4CO4)cc3)cc2)cc1. The van der Waals surface area contributed by atoms with Gasteiger partial charge in [0.1, 0.15) is 48.4 Å². The molecule has 6 nitrogen and oxygen atoms in total. The maximum absolute atomic E-state index is 5.93. The van der Waals surface area contributed by atoms with Gasteiger partial charge in [0, 0.05) is 10.8 Å². The summed E-state index contributed by atoms with van der Waals surface area (Å²) >= 11 is 0. The van der Waals surface area contributed by atoms with Crippen LogP contribution < -0.4 is 18.3 Å². The van der Waals surface area contributed by atoms with Crippen molar-refractivity contribution < 1.29 is 27.8 Å².